The van der Waals surface area contributed by atoms with Gasteiger partial charge >= 0.3 is 17.6 Å². The predicted molar refractivity (Wildman–Crippen MR) is 44.6 cm³/mol. The number of hydrogen-bond acceptors (Lipinski definition) is 3. The molecule has 0 aromatic rings. The molecular weight excluding hydrogens is 199 g/mol. The van der Waals surface area contributed by atoms with Gasteiger partial charge in [-0.15, -0.1) is 0 Å². The Balaban J connectivity index is 4.02. The maximum Gasteiger partial charge on any atom is 0.324 e. The lowest BCUT2D eigenvalue weighted by Gasteiger charge is -2.07. The highest BCUT2D eigenvalue weighted by molar-refractivity contribution is 7.74. The molecule has 3 N–H and O–H groups in total. The summed E-state index contributed by atoms with van der Waals surface area (Å²) < 4.78 is 0. The highest BCUT2D eigenvalue weighted by Crippen LogP contribution is 2.36. The molecule has 0 aliphatic heterocycles. The topological polar surface area (TPSA) is 112 Å². The molecule has 1 unspecified atom stereocenters. The Kier molecular flexibility index (Phi) is 4.99. The van der Waals surface area contributed by atoms with Gasteiger partial charge in [-0.2, -0.15) is 0 Å². The van der Waals surface area contributed by atoms with E-state index in [9.17, 15) is 14.4 Å². The first-order valence-corrected chi connectivity index (χ1v) is 5.06. The van der Waals surface area contributed by atoms with Crippen LogP contribution in [0.15, 0.2) is 0 Å². The van der Waals surface area contributed by atoms with Crippen LogP contribution in [-0.2, 0) is 9.59 Å². The van der Waals surface area contributed by atoms with Crippen molar-refractivity contribution < 1.29 is 29.7 Å². The highest BCUT2D eigenvalue weighted by Gasteiger charge is 2.20. The molecule has 0 aromatic heterocycles. The first kappa shape index (κ1) is 11.8. The lowest BCUT2D eigenvalue weighted by Crippen LogP contribution is -2.10. The molecule has 74 valence electrons. The van der Waals surface area contributed by atoms with Crippen molar-refractivity contribution in [2.45, 2.75) is 6.42 Å². The van der Waals surface area contributed by atoms with Crippen molar-refractivity contribution in [3.05, 3.63) is 0 Å². The molecule has 0 spiro atoms. The van der Waals surface area contributed by atoms with Crippen molar-refractivity contribution in [2.75, 3.05) is 12.3 Å². The molecule has 0 saturated heterocycles. The molecule has 13 heavy (non-hydrogen) atoms. The van der Waals surface area contributed by atoms with Crippen LogP contribution in [0, 0.1) is 0 Å². The van der Waals surface area contributed by atoms with Crippen LogP contribution in [0.4, 0.5) is 4.79 Å². The first-order valence-electron chi connectivity index (χ1n) is 3.35. The molecule has 7 heteroatoms. The highest BCUT2D eigenvalue weighted by atomic mass is 31.1. The summed E-state index contributed by atoms with van der Waals surface area (Å²) in [4.78, 5) is 30.7. The van der Waals surface area contributed by atoms with Gasteiger partial charge in [0.25, 0.3) is 0 Å². The van der Waals surface area contributed by atoms with E-state index >= 15 is 0 Å². The van der Waals surface area contributed by atoms with Crippen LogP contribution < -0.4 is 0 Å². The van der Waals surface area contributed by atoms with E-state index < -0.39 is 31.7 Å². The number of hydrogen-bond donors (Lipinski definition) is 3. The molecule has 1 atom stereocenters. The zero-order chi connectivity index (χ0) is 10.4. The van der Waals surface area contributed by atoms with Crippen molar-refractivity contribution in [1.29, 1.82) is 0 Å². The Morgan fingerprint density at radius 2 is 1.54 bits per heavy atom. The van der Waals surface area contributed by atoms with Crippen LogP contribution in [-0.4, -0.2) is 45.3 Å². The largest absolute Gasteiger partial charge is 0.481 e. The minimum absolute atomic E-state index is 0.0910. The molecule has 0 aromatic carbocycles. The summed E-state index contributed by atoms with van der Waals surface area (Å²) in [7, 11) is -1.76. The number of carboxylic acid groups (broad SMARTS) is 3. The van der Waals surface area contributed by atoms with Crippen LogP contribution in [0.3, 0.4) is 0 Å². The number of carboxylic acids is 2. The normalized spacial score (nSPS) is 12.0. The van der Waals surface area contributed by atoms with E-state index in [1.165, 1.54) is 0 Å². The summed E-state index contributed by atoms with van der Waals surface area (Å²) in [6, 6.07) is 0. The maximum absolute atomic E-state index is 10.4. The Labute approximate surface area is 74.9 Å². The van der Waals surface area contributed by atoms with Gasteiger partial charge in [0, 0.05) is 14.3 Å². The van der Waals surface area contributed by atoms with Crippen molar-refractivity contribution in [3.8, 4) is 0 Å². The second-order valence-corrected chi connectivity index (χ2v) is 4.47. The zero-order valence-corrected chi connectivity index (χ0v) is 7.53. The Hall–Kier alpha value is -1.16. The van der Waals surface area contributed by atoms with Crippen molar-refractivity contribution >= 4 is 25.6 Å². The summed E-state index contributed by atoms with van der Waals surface area (Å²) in [6.07, 6.45) is -0.866. The van der Waals surface area contributed by atoms with E-state index in [0.717, 1.165) is 0 Å². The smallest absolute Gasteiger partial charge is 0.324 e. The third-order valence-corrected chi connectivity index (χ3v) is 3.15. The molecule has 0 rings (SSSR count). The van der Waals surface area contributed by atoms with Gasteiger partial charge in [0.2, 0.25) is 0 Å². The van der Waals surface area contributed by atoms with E-state index in [1.54, 1.807) is 0 Å². The number of aliphatic carboxylic acids is 2. The molecule has 0 amide bonds. The van der Waals surface area contributed by atoms with Crippen LogP contribution in [0.1, 0.15) is 6.42 Å². The fourth-order valence-electron chi connectivity index (χ4n) is 0.636. The number of rotatable bonds is 6. The van der Waals surface area contributed by atoms with Crippen LogP contribution in [0.5, 0.6) is 0 Å². The Morgan fingerprint density at radius 3 is 1.85 bits per heavy atom. The summed E-state index contributed by atoms with van der Waals surface area (Å²) in [5.41, 5.74) is -1.21. The van der Waals surface area contributed by atoms with E-state index in [0.29, 0.717) is 0 Å². The third-order valence-electron chi connectivity index (χ3n) is 1.19. The van der Waals surface area contributed by atoms with Gasteiger partial charge in [-0.3, -0.25) is 9.59 Å². The monoisotopic (exact) mass is 208 g/mol. The zero-order valence-electron chi connectivity index (χ0n) is 6.63. The minimum atomic E-state index is -1.76. The second-order valence-electron chi connectivity index (χ2n) is 2.24. The van der Waals surface area contributed by atoms with Crippen molar-refractivity contribution in [3.63, 3.8) is 0 Å². The summed E-state index contributed by atoms with van der Waals surface area (Å²) in [6.45, 7) is 0. The third kappa shape index (κ3) is 6.04. The van der Waals surface area contributed by atoms with Gasteiger partial charge in [0.15, 0.2) is 0 Å². The van der Waals surface area contributed by atoms with Gasteiger partial charge in [0.1, 0.15) is 0 Å². The van der Waals surface area contributed by atoms with Gasteiger partial charge < -0.3 is 15.3 Å². The minimum Gasteiger partial charge on any atom is -0.481 e. The number of carbonyl (C=O) groups is 3. The van der Waals surface area contributed by atoms with Crippen LogP contribution >= 0.6 is 7.92 Å². The summed E-state index contributed by atoms with van der Waals surface area (Å²) in [5, 5.41) is 25.1. The van der Waals surface area contributed by atoms with Crippen molar-refractivity contribution in [2.24, 2.45) is 0 Å². The fourth-order valence-corrected chi connectivity index (χ4v) is 1.91. The summed E-state index contributed by atoms with van der Waals surface area (Å²) in [5.74, 6) is -2.32. The maximum atomic E-state index is 10.4. The fraction of sp³-hybridized carbons (Fsp3) is 0.500. The molecule has 0 radical (unpaired) electrons. The van der Waals surface area contributed by atoms with E-state index in [2.05, 4.69) is 0 Å². The molecule has 0 bridgehead atoms. The Morgan fingerprint density at radius 1 is 1.00 bits per heavy atom. The summed E-state index contributed by atoms with van der Waals surface area (Å²) >= 11 is 0. The van der Waals surface area contributed by atoms with Crippen molar-refractivity contribution in [1.82, 2.24) is 0 Å². The van der Waals surface area contributed by atoms with Crippen LogP contribution in [0.25, 0.3) is 0 Å². The van der Waals surface area contributed by atoms with E-state index in [1.807, 2.05) is 0 Å². The lowest BCUT2D eigenvalue weighted by atomic mass is 10.5. The molecule has 0 aliphatic rings. The quantitative estimate of drug-likeness (QED) is 0.554. The first-order chi connectivity index (χ1) is 5.93. The molecular formula is C6H9O6P. The van der Waals surface area contributed by atoms with Gasteiger partial charge in [-0.25, -0.2) is 4.79 Å². The Bertz CT molecular complexity index is 225. The van der Waals surface area contributed by atoms with E-state index in [-0.39, 0.29) is 12.6 Å². The molecule has 6 nitrogen and oxygen atoms in total. The standard InChI is InChI=1S/C6H9O6P/c7-4(8)1-2-13(6(11)12)3-5(9)10/h1-3H2,(H,7,8)(H,9,10)(H,11,12). The predicted octanol–water partition coefficient (Wildman–Crippen LogP) is 0.706. The molecule has 0 fully saturated rings. The van der Waals surface area contributed by atoms with Gasteiger partial charge in [-0.1, -0.05) is 0 Å². The average Bonchev–Trinajstić information content (AvgIpc) is 1.96. The molecule has 0 saturated carbocycles. The van der Waals surface area contributed by atoms with Gasteiger partial charge in [-0.05, 0) is 6.16 Å². The second kappa shape index (κ2) is 5.48. The molecule has 0 aliphatic carbocycles. The van der Waals surface area contributed by atoms with Crippen LogP contribution in [0.2, 0.25) is 0 Å². The van der Waals surface area contributed by atoms with Gasteiger partial charge in [0.05, 0.1) is 6.16 Å². The van der Waals surface area contributed by atoms with E-state index in [4.69, 9.17) is 15.3 Å². The molecule has 0 heterocycles. The average molecular weight is 208 g/mol. The SMILES string of the molecule is O=C(O)CCP(CC(=O)O)C(=O)O. The lowest BCUT2D eigenvalue weighted by molar-refractivity contribution is -0.137.